The normalized spacial score (nSPS) is 23.6. The Labute approximate surface area is 153 Å². The lowest BCUT2D eigenvalue weighted by Crippen LogP contribution is -2.40. The monoisotopic (exact) mass is 345 g/mol. The quantitative estimate of drug-likeness (QED) is 0.685. The second kappa shape index (κ2) is 9.96. The number of esters is 1. The summed E-state index contributed by atoms with van der Waals surface area (Å²) in [4.78, 5) is 11.9. The van der Waals surface area contributed by atoms with Crippen molar-refractivity contribution in [2.24, 2.45) is 11.8 Å². The van der Waals surface area contributed by atoms with Gasteiger partial charge in [0.05, 0.1) is 6.61 Å². The lowest BCUT2D eigenvalue weighted by Gasteiger charge is -2.37. The molecule has 0 bridgehead atoms. The lowest BCUT2D eigenvalue weighted by molar-refractivity contribution is -0.144. The van der Waals surface area contributed by atoms with Crippen LogP contribution in [0.4, 0.5) is 0 Å². The fraction of sp³-hybridized carbons (Fsp3) is 0.682. The lowest BCUT2D eigenvalue weighted by atomic mass is 9.73. The van der Waals surface area contributed by atoms with E-state index in [1.165, 1.54) is 17.5 Å². The molecule has 2 rings (SSSR count). The van der Waals surface area contributed by atoms with E-state index in [9.17, 15) is 4.79 Å². The summed E-state index contributed by atoms with van der Waals surface area (Å²) in [5, 5.41) is 3.80. The maximum Gasteiger partial charge on any atom is 0.306 e. The standard InChI is InChI=1S/C22H35NO2/c1-5-25-22(24)15-18-8-11-21(23-13-12-16(2)3)20(14-18)19-9-6-17(4)7-10-19/h6-7,9-10,16,18,20-21,23H,5,8,11-15H2,1-4H3/t18-,20+,21-/m1/s1. The molecule has 1 aromatic rings. The van der Waals surface area contributed by atoms with Gasteiger partial charge in [0.25, 0.3) is 0 Å². The van der Waals surface area contributed by atoms with Crippen molar-refractivity contribution in [2.75, 3.05) is 13.2 Å². The van der Waals surface area contributed by atoms with Gasteiger partial charge in [-0.1, -0.05) is 43.7 Å². The number of hydrogen-bond acceptors (Lipinski definition) is 3. The molecule has 140 valence electrons. The third-order valence-electron chi connectivity index (χ3n) is 5.35. The number of carbonyl (C=O) groups excluding carboxylic acids is 1. The molecule has 0 saturated heterocycles. The van der Waals surface area contributed by atoms with Gasteiger partial charge < -0.3 is 10.1 Å². The second-order valence-corrected chi connectivity index (χ2v) is 7.95. The van der Waals surface area contributed by atoms with Gasteiger partial charge in [-0.2, -0.15) is 0 Å². The molecule has 0 unspecified atom stereocenters. The molecule has 3 nitrogen and oxygen atoms in total. The summed E-state index contributed by atoms with van der Waals surface area (Å²) in [6, 6.07) is 9.46. The average Bonchev–Trinajstić information content (AvgIpc) is 2.56. The highest BCUT2D eigenvalue weighted by Crippen LogP contribution is 2.38. The van der Waals surface area contributed by atoms with Crippen LogP contribution in [0.3, 0.4) is 0 Å². The zero-order chi connectivity index (χ0) is 18.2. The molecule has 0 amide bonds. The zero-order valence-electron chi connectivity index (χ0n) is 16.4. The smallest absolute Gasteiger partial charge is 0.306 e. The molecule has 1 saturated carbocycles. The number of benzene rings is 1. The molecular formula is C22H35NO2. The Morgan fingerprint density at radius 2 is 1.96 bits per heavy atom. The van der Waals surface area contributed by atoms with E-state index in [1.807, 2.05) is 6.92 Å². The van der Waals surface area contributed by atoms with Crippen molar-refractivity contribution < 1.29 is 9.53 Å². The molecule has 1 aliphatic carbocycles. The Morgan fingerprint density at radius 3 is 2.60 bits per heavy atom. The van der Waals surface area contributed by atoms with Crippen molar-refractivity contribution >= 4 is 5.97 Å². The molecule has 0 heterocycles. The number of ether oxygens (including phenoxy) is 1. The Morgan fingerprint density at radius 1 is 1.24 bits per heavy atom. The topological polar surface area (TPSA) is 38.3 Å². The first-order chi connectivity index (χ1) is 12.0. The van der Waals surface area contributed by atoms with Gasteiger partial charge in [0, 0.05) is 12.5 Å². The van der Waals surface area contributed by atoms with Crippen LogP contribution in [0.5, 0.6) is 0 Å². The first kappa shape index (κ1) is 20.0. The van der Waals surface area contributed by atoms with Gasteiger partial charge in [-0.15, -0.1) is 0 Å². The van der Waals surface area contributed by atoms with Gasteiger partial charge in [-0.05, 0) is 69.4 Å². The molecule has 1 aliphatic rings. The van der Waals surface area contributed by atoms with E-state index in [0.29, 0.717) is 30.9 Å². The van der Waals surface area contributed by atoms with Gasteiger partial charge in [-0.3, -0.25) is 4.79 Å². The van der Waals surface area contributed by atoms with Gasteiger partial charge >= 0.3 is 5.97 Å². The van der Waals surface area contributed by atoms with Crippen molar-refractivity contribution in [3.63, 3.8) is 0 Å². The maximum absolute atomic E-state index is 11.9. The van der Waals surface area contributed by atoms with E-state index in [0.717, 1.165) is 31.7 Å². The molecule has 1 fully saturated rings. The van der Waals surface area contributed by atoms with Crippen LogP contribution in [0.2, 0.25) is 0 Å². The number of nitrogens with one attached hydrogen (secondary N) is 1. The minimum atomic E-state index is -0.0404. The summed E-state index contributed by atoms with van der Waals surface area (Å²) in [5.41, 5.74) is 2.70. The van der Waals surface area contributed by atoms with Crippen molar-refractivity contribution in [1.82, 2.24) is 5.32 Å². The molecule has 3 heteroatoms. The molecular weight excluding hydrogens is 310 g/mol. The highest BCUT2D eigenvalue weighted by atomic mass is 16.5. The largest absolute Gasteiger partial charge is 0.466 e. The SMILES string of the molecule is CCOC(=O)C[C@@H]1CC[C@@H](NCCC(C)C)[C@H](c2ccc(C)cc2)C1. The molecule has 0 spiro atoms. The summed E-state index contributed by atoms with van der Waals surface area (Å²) in [6.45, 7) is 10.1. The van der Waals surface area contributed by atoms with Crippen LogP contribution in [-0.2, 0) is 9.53 Å². The number of hydrogen-bond donors (Lipinski definition) is 1. The Kier molecular flexibility index (Phi) is 7.95. The second-order valence-electron chi connectivity index (χ2n) is 7.95. The first-order valence-corrected chi connectivity index (χ1v) is 9.95. The summed E-state index contributed by atoms with van der Waals surface area (Å²) in [7, 11) is 0. The molecule has 1 aromatic carbocycles. The molecule has 0 aliphatic heterocycles. The van der Waals surface area contributed by atoms with Crippen molar-refractivity contribution in [1.29, 1.82) is 0 Å². The maximum atomic E-state index is 11.9. The van der Waals surface area contributed by atoms with Gasteiger partial charge in [0.2, 0.25) is 0 Å². The van der Waals surface area contributed by atoms with E-state index < -0.39 is 0 Å². The summed E-state index contributed by atoms with van der Waals surface area (Å²) in [5.74, 6) is 1.61. The van der Waals surface area contributed by atoms with E-state index >= 15 is 0 Å². The van der Waals surface area contributed by atoms with Gasteiger partial charge in [0.1, 0.15) is 0 Å². The minimum Gasteiger partial charge on any atom is -0.466 e. The van der Waals surface area contributed by atoms with E-state index in [-0.39, 0.29) is 5.97 Å². The van der Waals surface area contributed by atoms with E-state index in [2.05, 4.69) is 50.4 Å². The summed E-state index contributed by atoms with van der Waals surface area (Å²) < 4.78 is 5.16. The third kappa shape index (κ3) is 6.47. The molecule has 3 atom stereocenters. The third-order valence-corrected chi connectivity index (χ3v) is 5.35. The highest BCUT2D eigenvalue weighted by molar-refractivity contribution is 5.69. The van der Waals surface area contributed by atoms with E-state index in [4.69, 9.17) is 4.74 Å². The average molecular weight is 346 g/mol. The van der Waals surface area contributed by atoms with Crippen LogP contribution < -0.4 is 5.32 Å². The van der Waals surface area contributed by atoms with Crippen molar-refractivity contribution in [3.05, 3.63) is 35.4 Å². The van der Waals surface area contributed by atoms with Crippen LogP contribution in [0.25, 0.3) is 0 Å². The predicted octanol–water partition coefficient (Wildman–Crippen LogP) is 4.84. The van der Waals surface area contributed by atoms with Crippen LogP contribution >= 0.6 is 0 Å². The fourth-order valence-corrected chi connectivity index (χ4v) is 3.88. The predicted molar refractivity (Wildman–Crippen MR) is 104 cm³/mol. The molecule has 0 aromatic heterocycles. The van der Waals surface area contributed by atoms with E-state index in [1.54, 1.807) is 0 Å². The molecule has 0 radical (unpaired) electrons. The van der Waals surface area contributed by atoms with Crippen LogP contribution in [0.15, 0.2) is 24.3 Å². The summed E-state index contributed by atoms with van der Waals surface area (Å²) in [6.07, 6.45) is 5.10. The molecule has 25 heavy (non-hydrogen) atoms. The molecule has 1 N–H and O–H groups in total. The highest BCUT2D eigenvalue weighted by Gasteiger charge is 2.32. The van der Waals surface area contributed by atoms with Gasteiger partial charge in [-0.25, -0.2) is 0 Å². The van der Waals surface area contributed by atoms with Crippen LogP contribution in [0, 0.1) is 18.8 Å². The Balaban J connectivity index is 2.03. The van der Waals surface area contributed by atoms with Crippen LogP contribution in [-0.4, -0.2) is 25.2 Å². The fourth-order valence-electron chi connectivity index (χ4n) is 3.88. The van der Waals surface area contributed by atoms with Crippen LogP contribution in [0.1, 0.15) is 69.9 Å². The minimum absolute atomic E-state index is 0.0404. The van der Waals surface area contributed by atoms with Crippen molar-refractivity contribution in [3.8, 4) is 0 Å². The first-order valence-electron chi connectivity index (χ1n) is 9.95. The number of rotatable bonds is 8. The Bertz CT molecular complexity index is 523. The van der Waals surface area contributed by atoms with Gasteiger partial charge in [0.15, 0.2) is 0 Å². The zero-order valence-corrected chi connectivity index (χ0v) is 16.4. The van der Waals surface area contributed by atoms with Crippen molar-refractivity contribution in [2.45, 2.75) is 71.8 Å². The number of carbonyl (C=O) groups is 1. The summed E-state index contributed by atoms with van der Waals surface area (Å²) >= 11 is 0. The Hall–Kier alpha value is -1.35. The number of aryl methyl sites for hydroxylation is 1.